The van der Waals surface area contributed by atoms with Crippen LogP contribution in [-0.2, 0) is 6.42 Å². The summed E-state index contributed by atoms with van der Waals surface area (Å²) in [6.45, 7) is 0. The number of hydrogen-bond acceptors (Lipinski definition) is 0. The van der Waals surface area contributed by atoms with Crippen molar-refractivity contribution in [3.63, 3.8) is 0 Å². The van der Waals surface area contributed by atoms with Gasteiger partial charge in [-0.1, -0.05) is 68.1 Å². The van der Waals surface area contributed by atoms with Crippen LogP contribution < -0.4 is 4.57 Å². The molecule has 0 unspecified atom stereocenters. The molecule has 0 N–H and O–H groups in total. The molecule has 0 atom stereocenters. The fourth-order valence-corrected chi connectivity index (χ4v) is 3.92. The Balaban J connectivity index is 1.43. The lowest BCUT2D eigenvalue weighted by molar-refractivity contribution is -0.595. The molecule has 1 heteroatoms. The maximum absolute atomic E-state index is 2.31. The maximum Gasteiger partial charge on any atom is 0.210 e. The van der Waals surface area contributed by atoms with E-state index in [1.165, 1.54) is 60.9 Å². The van der Waals surface area contributed by atoms with Gasteiger partial charge in [-0.25, -0.2) is 0 Å². The second kappa shape index (κ2) is 7.65. The molecule has 4 rings (SSSR count). The summed E-state index contributed by atoms with van der Waals surface area (Å²) in [5.41, 5.74) is 5.24. The van der Waals surface area contributed by atoms with Gasteiger partial charge in [-0.05, 0) is 35.4 Å². The normalized spacial score (nSPS) is 14.7. The van der Waals surface area contributed by atoms with E-state index in [1.807, 2.05) is 6.07 Å². The van der Waals surface area contributed by atoms with E-state index in [-0.39, 0.29) is 0 Å². The smallest absolute Gasteiger partial charge is 0.167 e. The van der Waals surface area contributed by atoms with Crippen LogP contribution >= 0.6 is 0 Å². The molecular weight excluding hydrogens is 302 g/mol. The molecule has 2 aromatic carbocycles. The number of aryl methyl sites for hydroxylation is 1. The topological polar surface area (TPSA) is 3.88 Å². The Bertz CT molecular complexity index is 782. The van der Waals surface area contributed by atoms with Crippen LogP contribution in [0.4, 0.5) is 0 Å². The molecule has 1 aliphatic carbocycles. The first-order chi connectivity index (χ1) is 12.4. The van der Waals surface area contributed by atoms with Gasteiger partial charge in [0.25, 0.3) is 0 Å². The fourth-order valence-electron chi connectivity index (χ4n) is 3.92. The zero-order valence-corrected chi connectivity index (χ0v) is 14.8. The first kappa shape index (κ1) is 16.1. The highest BCUT2D eigenvalue weighted by Gasteiger charge is 2.14. The predicted molar refractivity (Wildman–Crippen MR) is 104 cm³/mol. The Hall–Kier alpha value is -2.41. The number of benzene rings is 2. The largest absolute Gasteiger partial charge is 0.210 e. The van der Waals surface area contributed by atoms with Crippen molar-refractivity contribution >= 4 is 0 Å². The van der Waals surface area contributed by atoms with Crippen LogP contribution in [0, 0.1) is 5.92 Å². The minimum absolute atomic E-state index is 0.974. The van der Waals surface area contributed by atoms with Crippen LogP contribution in [-0.4, -0.2) is 0 Å². The minimum atomic E-state index is 0.974. The average molecular weight is 328 g/mol. The van der Waals surface area contributed by atoms with Crippen molar-refractivity contribution in [3.8, 4) is 16.8 Å². The molecule has 0 spiro atoms. The molecule has 1 saturated carbocycles. The van der Waals surface area contributed by atoms with Crippen LogP contribution in [0.2, 0.25) is 0 Å². The van der Waals surface area contributed by atoms with Gasteiger partial charge in [-0.15, -0.1) is 0 Å². The Kier molecular flexibility index (Phi) is 4.92. The molecule has 25 heavy (non-hydrogen) atoms. The molecule has 126 valence electrons. The summed E-state index contributed by atoms with van der Waals surface area (Å²) in [5.74, 6) is 0.974. The second-order valence-electron chi connectivity index (χ2n) is 7.22. The molecular formula is C24H26N+. The van der Waals surface area contributed by atoms with Gasteiger partial charge >= 0.3 is 0 Å². The van der Waals surface area contributed by atoms with Gasteiger partial charge in [0, 0.05) is 24.3 Å². The number of aromatic nitrogens is 1. The lowest BCUT2D eigenvalue weighted by atomic mass is 9.97. The summed E-state index contributed by atoms with van der Waals surface area (Å²) < 4.78 is 2.15. The van der Waals surface area contributed by atoms with E-state index < -0.39 is 0 Å². The van der Waals surface area contributed by atoms with Gasteiger partial charge in [0.1, 0.15) is 0 Å². The van der Waals surface area contributed by atoms with Gasteiger partial charge in [0.15, 0.2) is 12.4 Å². The van der Waals surface area contributed by atoms with Gasteiger partial charge in [-0.2, -0.15) is 4.57 Å². The minimum Gasteiger partial charge on any atom is -0.167 e. The van der Waals surface area contributed by atoms with Crippen LogP contribution in [0.25, 0.3) is 16.8 Å². The summed E-state index contributed by atoms with van der Waals surface area (Å²) in [6, 6.07) is 24.0. The van der Waals surface area contributed by atoms with Crippen LogP contribution in [0.3, 0.4) is 0 Å². The molecule has 1 fully saturated rings. The van der Waals surface area contributed by atoms with E-state index in [2.05, 4.69) is 77.6 Å². The predicted octanol–water partition coefficient (Wildman–Crippen LogP) is 5.75. The van der Waals surface area contributed by atoms with Crippen LogP contribution in [0.1, 0.15) is 37.7 Å². The van der Waals surface area contributed by atoms with Crippen molar-refractivity contribution in [2.24, 2.45) is 5.92 Å². The van der Waals surface area contributed by atoms with Gasteiger partial charge in [-0.3, -0.25) is 0 Å². The molecule has 1 aromatic heterocycles. The van der Waals surface area contributed by atoms with E-state index >= 15 is 0 Å². The average Bonchev–Trinajstić information content (AvgIpc) is 3.21. The molecule has 0 aliphatic heterocycles. The highest BCUT2D eigenvalue weighted by molar-refractivity contribution is 5.62. The number of pyridine rings is 1. The van der Waals surface area contributed by atoms with Crippen molar-refractivity contribution in [2.45, 2.75) is 38.5 Å². The Morgan fingerprint density at radius 1 is 0.720 bits per heavy atom. The lowest BCUT2D eigenvalue weighted by Crippen LogP contribution is -2.28. The molecule has 0 saturated heterocycles. The number of nitrogens with zero attached hydrogens (tertiary/aromatic N) is 1. The highest BCUT2D eigenvalue weighted by atomic mass is 14.9. The summed E-state index contributed by atoms with van der Waals surface area (Å²) >= 11 is 0. The summed E-state index contributed by atoms with van der Waals surface area (Å²) in [6.07, 6.45) is 12.7. The molecule has 1 heterocycles. The van der Waals surface area contributed by atoms with Crippen LogP contribution in [0.15, 0.2) is 79.1 Å². The molecule has 0 amide bonds. The number of hydrogen-bond donors (Lipinski definition) is 0. The third-order valence-electron chi connectivity index (χ3n) is 5.49. The SMILES string of the molecule is c1ccc(-[n+]2ccc(-c3ccc(CCC4CCCC4)cc3)cc2)cc1. The molecule has 0 radical (unpaired) electrons. The van der Waals surface area contributed by atoms with Crippen LogP contribution in [0.5, 0.6) is 0 Å². The maximum atomic E-state index is 2.31. The van der Waals surface area contributed by atoms with E-state index in [0.29, 0.717) is 0 Å². The van der Waals surface area contributed by atoms with Crippen molar-refractivity contribution in [2.75, 3.05) is 0 Å². The monoisotopic (exact) mass is 328 g/mol. The summed E-state index contributed by atoms with van der Waals surface area (Å²) in [5, 5.41) is 0. The lowest BCUT2D eigenvalue weighted by Gasteiger charge is -2.09. The Morgan fingerprint density at radius 3 is 2.04 bits per heavy atom. The zero-order valence-electron chi connectivity index (χ0n) is 14.8. The van der Waals surface area contributed by atoms with E-state index in [1.54, 1.807) is 0 Å². The van der Waals surface area contributed by atoms with Gasteiger partial charge in [0.2, 0.25) is 5.69 Å². The Morgan fingerprint density at radius 2 is 1.36 bits per heavy atom. The Labute approximate surface area is 151 Å². The van der Waals surface area contributed by atoms with Crippen molar-refractivity contribution in [1.29, 1.82) is 0 Å². The standard InChI is InChI=1S/C24H26N/c1-2-8-24(9-3-1)25-18-16-23(17-19-25)22-14-12-21(13-15-22)11-10-20-6-4-5-7-20/h1-3,8-9,12-20H,4-7,10-11H2/q+1. The first-order valence-corrected chi connectivity index (χ1v) is 9.54. The zero-order chi connectivity index (χ0) is 16.9. The van der Waals surface area contributed by atoms with Crippen molar-refractivity contribution in [3.05, 3.63) is 84.7 Å². The second-order valence-corrected chi connectivity index (χ2v) is 7.22. The number of para-hydroxylation sites is 1. The summed E-state index contributed by atoms with van der Waals surface area (Å²) in [4.78, 5) is 0. The van der Waals surface area contributed by atoms with E-state index in [4.69, 9.17) is 0 Å². The quantitative estimate of drug-likeness (QED) is 0.525. The third kappa shape index (κ3) is 3.99. The van der Waals surface area contributed by atoms with Crippen molar-refractivity contribution in [1.82, 2.24) is 0 Å². The first-order valence-electron chi connectivity index (χ1n) is 9.54. The molecule has 1 aliphatic rings. The fraction of sp³-hybridized carbons (Fsp3) is 0.292. The summed E-state index contributed by atoms with van der Waals surface area (Å²) in [7, 11) is 0. The molecule has 1 nitrogen and oxygen atoms in total. The van der Waals surface area contributed by atoms with Gasteiger partial charge in [0.05, 0.1) is 0 Å². The van der Waals surface area contributed by atoms with Crippen molar-refractivity contribution < 1.29 is 4.57 Å². The highest BCUT2D eigenvalue weighted by Crippen LogP contribution is 2.29. The van der Waals surface area contributed by atoms with Gasteiger partial charge < -0.3 is 0 Å². The molecule has 3 aromatic rings. The third-order valence-corrected chi connectivity index (χ3v) is 5.49. The van der Waals surface area contributed by atoms with E-state index in [9.17, 15) is 0 Å². The molecule has 0 bridgehead atoms. The number of rotatable bonds is 5. The van der Waals surface area contributed by atoms with E-state index in [0.717, 1.165) is 5.92 Å².